The highest BCUT2D eigenvalue weighted by Gasteiger charge is 2.09. The molecule has 0 fully saturated rings. The quantitative estimate of drug-likeness (QED) is 0.422. The molecule has 0 saturated carbocycles. The van der Waals surface area contributed by atoms with Gasteiger partial charge in [0.05, 0.1) is 15.7 Å². The van der Waals surface area contributed by atoms with Crippen LogP contribution in [0.25, 0.3) is 11.3 Å². The highest BCUT2D eigenvalue weighted by Crippen LogP contribution is 2.30. The minimum atomic E-state index is -0.0681. The Bertz CT molecular complexity index is 913. The Morgan fingerprint density at radius 2 is 1.85 bits per heavy atom. The summed E-state index contributed by atoms with van der Waals surface area (Å²) >= 11 is 20.8. The van der Waals surface area contributed by atoms with Gasteiger partial charge in [-0.2, -0.15) is 0 Å². The minimum absolute atomic E-state index is 0.0681. The number of amides is 1. The molecule has 0 aliphatic heterocycles. The normalized spacial score (nSPS) is 10.7. The van der Waals surface area contributed by atoms with Crippen molar-refractivity contribution in [1.82, 2.24) is 4.98 Å². The predicted molar refractivity (Wildman–Crippen MR) is 113 cm³/mol. The van der Waals surface area contributed by atoms with Crippen molar-refractivity contribution in [3.63, 3.8) is 0 Å². The number of rotatable bonds is 6. The number of nitrogens with one attached hydrogen (secondary N) is 1. The first-order chi connectivity index (χ1) is 12.5. The van der Waals surface area contributed by atoms with E-state index in [2.05, 4.69) is 10.3 Å². The Morgan fingerprint density at radius 3 is 2.58 bits per heavy atom. The van der Waals surface area contributed by atoms with Crippen LogP contribution in [0, 0.1) is 0 Å². The lowest BCUT2D eigenvalue weighted by molar-refractivity contribution is -0.115. The second-order valence-corrected chi connectivity index (χ2v) is 8.54. The number of benzene rings is 2. The largest absolute Gasteiger partial charge is 0.302 e. The summed E-state index contributed by atoms with van der Waals surface area (Å²) in [5, 5.41) is 6.94. The van der Waals surface area contributed by atoms with Crippen LogP contribution in [0.2, 0.25) is 15.1 Å². The first-order valence-corrected chi connectivity index (χ1v) is 10.6. The summed E-state index contributed by atoms with van der Waals surface area (Å²) < 4.78 is 0. The monoisotopic (exact) mass is 442 g/mol. The lowest BCUT2D eigenvalue weighted by atomic mass is 10.2. The maximum absolute atomic E-state index is 12.1. The van der Waals surface area contributed by atoms with Crippen molar-refractivity contribution >= 4 is 68.9 Å². The molecule has 134 valence electrons. The molecule has 0 bridgehead atoms. The molecule has 26 heavy (non-hydrogen) atoms. The van der Waals surface area contributed by atoms with Gasteiger partial charge in [-0.3, -0.25) is 4.79 Å². The molecule has 1 N–H and O–H groups in total. The molecular formula is C18H13Cl3N2OS2. The summed E-state index contributed by atoms with van der Waals surface area (Å²) in [6.45, 7) is 0. The smallest absolute Gasteiger partial charge is 0.226 e. The molecule has 8 heteroatoms. The average molecular weight is 444 g/mol. The van der Waals surface area contributed by atoms with E-state index in [4.69, 9.17) is 34.8 Å². The zero-order valence-electron chi connectivity index (χ0n) is 13.3. The molecule has 0 radical (unpaired) electrons. The van der Waals surface area contributed by atoms with Crippen LogP contribution in [-0.2, 0) is 4.79 Å². The van der Waals surface area contributed by atoms with Gasteiger partial charge >= 0.3 is 0 Å². The van der Waals surface area contributed by atoms with Gasteiger partial charge in [-0.25, -0.2) is 4.98 Å². The summed E-state index contributed by atoms with van der Waals surface area (Å²) in [5.41, 5.74) is 1.61. The molecule has 2 aromatic carbocycles. The van der Waals surface area contributed by atoms with Gasteiger partial charge in [-0.1, -0.05) is 40.9 Å². The van der Waals surface area contributed by atoms with Gasteiger partial charge in [0.2, 0.25) is 5.91 Å². The number of halogens is 3. The van der Waals surface area contributed by atoms with Crippen LogP contribution in [0.3, 0.4) is 0 Å². The van der Waals surface area contributed by atoms with Gasteiger partial charge in [-0.15, -0.1) is 23.1 Å². The molecule has 3 aromatic rings. The molecule has 1 heterocycles. The molecule has 0 unspecified atom stereocenters. The van der Waals surface area contributed by atoms with E-state index in [1.54, 1.807) is 23.9 Å². The summed E-state index contributed by atoms with van der Waals surface area (Å²) in [5.74, 6) is 0.611. The lowest BCUT2D eigenvalue weighted by Gasteiger charge is -2.03. The molecule has 1 amide bonds. The number of aromatic nitrogens is 1. The van der Waals surface area contributed by atoms with Gasteiger partial charge in [0.25, 0.3) is 0 Å². The zero-order valence-corrected chi connectivity index (χ0v) is 17.2. The molecule has 1 aromatic heterocycles. The number of hydrogen-bond acceptors (Lipinski definition) is 4. The van der Waals surface area contributed by atoms with E-state index in [1.807, 2.05) is 35.7 Å². The predicted octanol–water partition coefficient (Wildman–Crippen LogP) is 6.89. The summed E-state index contributed by atoms with van der Waals surface area (Å²) in [7, 11) is 0. The van der Waals surface area contributed by atoms with Gasteiger partial charge in [0.15, 0.2) is 5.13 Å². The maximum atomic E-state index is 12.1. The van der Waals surface area contributed by atoms with Crippen molar-refractivity contribution in [3.8, 4) is 11.3 Å². The van der Waals surface area contributed by atoms with Crippen molar-refractivity contribution in [2.75, 3.05) is 11.1 Å². The van der Waals surface area contributed by atoms with Crippen LogP contribution in [0.5, 0.6) is 0 Å². The van der Waals surface area contributed by atoms with E-state index in [-0.39, 0.29) is 5.91 Å². The van der Waals surface area contributed by atoms with E-state index in [1.165, 1.54) is 11.3 Å². The Labute approximate surface area is 174 Å². The Morgan fingerprint density at radius 1 is 1.08 bits per heavy atom. The first-order valence-electron chi connectivity index (χ1n) is 7.60. The molecule has 0 aliphatic rings. The number of thioether (sulfide) groups is 1. The number of thiazole rings is 1. The fraction of sp³-hybridized carbons (Fsp3) is 0.111. The van der Waals surface area contributed by atoms with Crippen LogP contribution in [-0.4, -0.2) is 16.6 Å². The highest BCUT2D eigenvalue weighted by molar-refractivity contribution is 7.99. The van der Waals surface area contributed by atoms with Crippen molar-refractivity contribution < 1.29 is 4.79 Å². The number of carbonyl (C=O) groups is 1. The molecule has 0 aliphatic carbocycles. The zero-order chi connectivity index (χ0) is 18.5. The number of anilines is 1. The third kappa shape index (κ3) is 5.38. The molecule has 0 saturated heterocycles. The van der Waals surface area contributed by atoms with Crippen LogP contribution in [0.4, 0.5) is 5.13 Å². The standard InChI is InChI=1S/C18H13Cl3N2OS2/c19-12-2-4-13(5-3-12)25-8-7-17(24)23-18-22-16(10-26-18)11-1-6-14(20)15(21)9-11/h1-6,9-10H,7-8H2,(H,22,23,24). The lowest BCUT2D eigenvalue weighted by Crippen LogP contribution is -2.11. The highest BCUT2D eigenvalue weighted by atomic mass is 35.5. The van der Waals surface area contributed by atoms with Crippen molar-refractivity contribution in [1.29, 1.82) is 0 Å². The summed E-state index contributed by atoms with van der Waals surface area (Å²) in [6.07, 6.45) is 0.398. The van der Waals surface area contributed by atoms with Crippen molar-refractivity contribution in [3.05, 3.63) is 62.9 Å². The SMILES string of the molecule is O=C(CCSc1ccc(Cl)cc1)Nc1nc(-c2ccc(Cl)c(Cl)c2)cs1. The third-order valence-corrected chi connectivity index (χ3v) is 6.14. The van der Waals surface area contributed by atoms with Crippen molar-refractivity contribution in [2.24, 2.45) is 0 Å². The van der Waals surface area contributed by atoms with Crippen LogP contribution in [0.1, 0.15) is 6.42 Å². The van der Waals surface area contributed by atoms with E-state index >= 15 is 0 Å². The molecule has 3 nitrogen and oxygen atoms in total. The topological polar surface area (TPSA) is 42.0 Å². The van der Waals surface area contributed by atoms with Gasteiger partial charge in [0, 0.05) is 33.0 Å². The van der Waals surface area contributed by atoms with Crippen molar-refractivity contribution in [2.45, 2.75) is 11.3 Å². The van der Waals surface area contributed by atoms with Gasteiger partial charge in [-0.05, 0) is 36.4 Å². The number of nitrogens with zero attached hydrogens (tertiary/aromatic N) is 1. The van der Waals surface area contributed by atoms with Crippen LogP contribution >= 0.6 is 57.9 Å². The van der Waals surface area contributed by atoms with Crippen LogP contribution in [0.15, 0.2) is 52.7 Å². The van der Waals surface area contributed by atoms with E-state index in [0.717, 1.165) is 16.2 Å². The van der Waals surface area contributed by atoms with E-state index in [9.17, 15) is 4.79 Å². The van der Waals surface area contributed by atoms with Crippen LogP contribution < -0.4 is 5.32 Å². The molecule has 3 rings (SSSR count). The Balaban J connectivity index is 1.52. The second-order valence-electron chi connectivity index (χ2n) is 5.27. The summed E-state index contributed by atoms with van der Waals surface area (Å²) in [6, 6.07) is 12.9. The Kier molecular flexibility index (Phi) is 6.84. The number of carbonyl (C=O) groups excluding carboxylic acids is 1. The maximum Gasteiger partial charge on any atom is 0.226 e. The molecule has 0 spiro atoms. The first kappa shape index (κ1) is 19.5. The van der Waals surface area contributed by atoms with E-state index < -0.39 is 0 Å². The van der Waals surface area contributed by atoms with Gasteiger partial charge in [0.1, 0.15) is 0 Å². The minimum Gasteiger partial charge on any atom is -0.302 e. The molecule has 0 atom stereocenters. The third-order valence-electron chi connectivity index (χ3n) is 3.38. The second kappa shape index (κ2) is 9.11. The number of hydrogen-bond donors (Lipinski definition) is 1. The fourth-order valence-corrected chi connectivity index (χ4v) is 4.10. The average Bonchev–Trinajstić information content (AvgIpc) is 3.07. The fourth-order valence-electron chi connectivity index (χ4n) is 2.09. The summed E-state index contributed by atoms with van der Waals surface area (Å²) in [4.78, 5) is 17.6. The Hall–Kier alpha value is -1.24. The van der Waals surface area contributed by atoms with E-state index in [0.29, 0.717) is 32.4 Å². The molecular weight excluding hydrogens is 431 g/mol. The van der Waals surface area contributed by atoms with Gasteiger partial charge < -0.3 is 5.32 Å².